The van der Waals surface area contributed by atoms with E-state index in [0.717, 1.165) is 17.5 Å². The molecule has 0 aliphatic carbocycles. The molecule has 1 nitrogen and oxygen atoms in total. The predicted octanol–water partition coefficient (Wildman–Crippen LogP) is 4.75. The van der Waals surface area contributed by atoms with Gasteiger partial charge in [-0.15, -0.1) is 0 Å². The van der Waals surface area contributed by atoms with Crippen LogP contribution in [-0.4, -0.2) is 5.11 Å². The van der Waals surface area contributed by atoms with Crippen molar-refractivity contribution in [1.29, 1.82) is 0 Å². The van der Waals surface area contributed by atoms with Gasteiger partial charge in [0.2, 0.25) is 0 Å². The first-order valence-electron chi connectivity index (χ1n) is 6.54. The number of hydrogen-bond acceptors (Lipinski definition) is 1. The smallest absolute Gasteiger partial charge is 0.123 e. The van der Waals surface area contributed by atoms with E-state index in [9.17, 15) is 5.11 Å². The van der Waals surface area contributed by atoms with Crippen LogP contribution < -0.4 is 0 Å². The molecule has 18 heavy (non-hydrogen) atoms. The van der Waals surface area contributed by atoms with Gasteiger partial charge in [-0.2, -0.15) is 0 Å². The minimum absolute atomic E-state index is 0.351. The van der Waals surface area contributed by atoms with E-state index in [0.29, 0.717) is 11.7 Å². The molecule has 0 radical (unpaired) electrons. The summed E-state index contributed by atoms with van der Waals surface area (Å²) in [7, 11) is 0. The van der Waals surface area contributed by atoms with Gasteiger partial charge in [-0.3, -0.25) is 0 Å². The summed E-state index contributed by atoms with van der Waals surface area (Å²) >= 11 is 0. The fraction of sp³-hybridized carbons (Fsp3) is 0.294. The van der Waals surface area contributed by atoms with Crippen LogP contribution >= 0.6 is 0 Å². The molecule has 0 spiro atoms. The van der Waals surface area contributed by atoms with Gasteiger partial charge in [-0.25, -0.2) is 0 Å². The lowest BCUT2D eigenvalue weighted by molar-refractivity contribution is 0.477. The first-order chi connectivity index (χ1) is 8.63. The molecule has 0 aromatic heterocycles. The Morgan fingerprint density at radius 3 is 2.33 bits per heavy atom. The van der Waals surface area contributed by atoms with E-state index in [1.165, 1.54) is 11.1 Å². The van der Waals surface area contributed by atoms with Gasteiger partial charge < -0.3 is 5.11 Å². The molecule has 2 aromatic carbocycles. The van der Waals surface area contributed by atoms with E-state index >= 15 is 0 Å². The number of benzene rings is 2. The molecule has 0 aliphatic heterocycles. The van der Waals surface area contributed by atoms with Crippen molar-refractivity contribution in [2.45, 2.75) is 33.1 Å². The summed E-state index contributed by atoms with van der Waals surface area (Å²) < 4.78 is 0. The average molecular weight is 240 g/mol. The first-order valence-corrected chi connectivity index (χ1v) is 6.54. The molecule has 2 rings (SSSR count). The zero-order chi connectivity index (χ0) is 13.1. The third-order valence-electron chi connectivity index (χ3n) is 3.37. The van der Waals surface area contributed by atoms with Crippen LogP contribution in [0, 0.1) is 0 Å². The van der Waals surface area contributed by atoms with Crippen molar-refractivity contribution in [1.82, 2.24) is 0 Å². The van der Waals surface area contributed by atoms with Crippen molar-refractivity contribution < 1.29 is 5.11 Å². The first kappa shape index (κ1) is 12.7. The van der Waals surface area contributed by atoms with Crippen molar-refractivity contribution in [3.63, 3.8) is 0 Å². The van der Waals surface area contributed by atoms with Crippen molar-refractivity contribution >= 4 is 0 Å². The molecule has 0 unspecified atom stereocenters. The fourth-order valence-electron chi connectivity index (χ4n) is 2.23. The fourth-order valence-corrected chi connectivity index (χ4v) is 2.23. The molecule has 94 valence electrons. The van der Waals surface area contributed by atoms with E-state index in [1.807, 2.05) is 18.2 Å². The number of aryl methyl sites for hydroxylation is 1. The van der Waals surface area contributed by atoms with Crippen molar-refractivity contribution in [3.8, 4) is 16.9 Å². The second-order valence-corrected chi connectivity index (χ2v) is 4.94. The van der Waals surface area contributed by atoms with Crippen LogP contribution in [0.25, 0.3) is 11.1 Å². The van der Waals surface area contributed by atoms with E-state index in [-0.39, 0.29) is 0 Å². The van der Waals surface area contributed by atoms with Crippen LogP contribution in [0.15, 0.2) is 42.5 Å². The molecule has 0 atom stereocenters. The monoisotopic (exact) mass is 240 g/mol. The number of para-hydroxylation sites is 1. The van der Waals surface area contributed by atoms with Crippen LogP contribution in [0.3, 0.4) is 0 Å². The second-order valence-electron chi connectivity index (χ2n) is 4.94. The molecule has 1 heteroatoms. The Hall–Kier alpha value is -1.76. The van der Waals surface area contributed by atoms with Gasteiger partial charge in [-0.1, -0.05) is 57.2 Å². The lowest BCUT2D eigenvalue weighted by Gasteiger charge is -2.13. The van der Waals surface area contributed by atoms with Crippen molar-refractivity contribution in [3.05, 3.63) is 53.6 Å². The third-order valence-corrected chi connectivity index (χ3v) is 3.37. The van der Waals surface area contributed by atoms with Crippen LogP contribution in [-0.2, 0) is 6.42 Å². The Bertz CT molecular complexity index is 541. The average Bonchev–Trinajstić information content (AvgIpc) is 2.38. The van der Waals surface area contributed by atoms with Crippen LogP contribution in [0.4, 0.5) is 0 Å². The van der Waals surface area contributed by atoms with Crippen LogP contribution in [0.1, 0.15) is 37.8 Å². The molecule has 0 saturated carbocycles. The molecule has 0 saturated heterocycles. The van der Waals surface area contributed by atoms with E-state index in [1.54, 1.807) is 6.07 Å². The van der Waals surface area contributed by atoms with Gasteiger partial charge in [0.1, 0.15) is 5.75 Å². The van der Waals surface area contributed by atoms with E-state index in [2.05, 4.69) is 39.0 Å². The Morgan fingerprint density at radius 2 is 1.72 bits per heavy atom. The second kappa shape index (κ2) is 5.26. The Labute approximate surface area is 109 Å². The van der Waals surface area contributed by atoms with Gasteiger partial charge in [-0.05, 0) is 35.1 Å². The minimum Gasteiger partial charge on any atom is -0.507 e. The topological polar surface area (TPSA) is 20.2 Å². The van der Waals surface area contributed by atoms with Crippen LogP contribution in [0.2, 0.25) is 0 Å². The van der Waals surface area contributed by atoms with Crippen LogP contribution in [0.5, 0.6) is 5.75 Å². The summed E-state index contributed by atoms with van der Waals surface area (Å²) in [5.74, 6) is 0.887. The molecule has 1 N–H and O–H groups in total. The van der Waals surface area contributed by atoms with Gasteiger partial charge in [0.25, 0.3) is 0 Å². The number of phenols is 1. The Balaban J connectivity index is 2.55. The Morgan fingerprint density at radius 1 is 1.00 bits per heavy atom. The maximum absolute atomic E-state index is 9.96. The largest absolute Gasteiger partial charge is 0.507 e. The zero-order valence-corrected chi connectivity index (χ0v) is 11.3. The van der Waals surface area contributed by atoms with E-state index < -0.39 is 0 Å². The maximum atomic E-state index is 9.96. The molecule has 0 fully saturated rings. The number of aromatic hydroxyl groups is 1. The molecular weight excluding hydrogens is 220 g/mol. The highest BCUT2D eigenvalue weighted by Crippen LogP contribution is 2.33. The summed E-state index contributed by atoms with van der Waals surface area (Å²) in [6.07, 6.45) is 0.976. The highest BCUT2D eigenvalue weighted by Gasteiger charge is 2.09. The molecule has 0 heterocycles. The zero-order valence-electron chi connectivity index (χ0n) is 11.3. The molecule has 0 amide bonds. The highest BCUT2D eigenvalue weighted by molar-refractivity contribution is 5.73. The summed E-state index contributed by atoms with van der Waals surface area (Å²) in [5, 5.41) is 9.96. The summed E-state index contributed by atoms with van der Waals surface area (Å²) in [5.41, 5.74) is 4.71. The summed E-state index contributed by atoms with van der Waals surface area (Å²) in [6, 6.07) is 14.1. The minimum atomic E-state index is 0.351. The number of hydrogen-bond donors (Lipinski definition) is 1. The maximum Gasteiger partial charge on any atom is 0.123 e. The summed E-state index contributed by atoms with van der Waals surface area (Å²) in [6.45, 7) is 6.56. The Kier molecular flexibility index (Phi) is 3.71. The molecule has 0 aliphatic rings. The lowest BCUT2D eigenvalue weighted by atomic mass is 9.92. The van der Waals surface area contributed by atoms with Crippen molar-refractivity contribution in [2.24, 2.45) is 0 Å². The molecule has 2 aromatic rings. The van der Waals surface area contributed by atoms with Crippen molar-refractivity contribution in [2.75, 3.05) is 0 Å². The lowest BCUT2D eigenvalue weighted by Crippen LogP contribution is -1.93. The van der Waals surface area contributed by atoms with Gasteiger partial charge >= 0.3 is 0 Å². The van der Waals surface area contributed by atoms with Gasteiger partial charge in [0, 0.05) is 5.56 Å². The quantitative estimate of drug-likeness (QED) is 0.821. The van der Waals surface area contributed by atoms with E-state index in [4.69, 9.17) is 0 Å². The molecule has 0 bridgehead atoms. The number of rotatable bonds is 3. The third kappa shape index (κ3) is 2.40. The standard InChI is InChI=1S/C17H20O/c1-4-13-11-14(12(2)3)9-10-15(13)16-7-5-6-8-17(16)18/h5-12,18H,4H2,1-3H3. The number of phenolic OH excluding ortho intramolecular Hbond substituents is 1. The predicted molar refractivity (Wildman–Crippen MR) is 77.0 cm³/mol. The van der Waals surface area contributed by atoms with Gasteiger partial charge in [0.05, 0.1) is 0 Å². The normalized spacial score (nSPS) is 10.9. The highest BCUT2D eigenvalue weighted by atomic mass is 16.3. The molecular formula is C17H20O. The van der Waals surface area contributed by atoms with Gasteiger partial charge in [0.15, 0.2) is 0 Å². The SMILES string of the molecule is CCc1cc(C(C)C)ccc1-c1ccccc1O. The summed E-state index contributed by atoms with van der Waals surface area (Å²) in [4.78, 5) is 0.